The molecule has 2 aliphatic heterocycles. The molecule has 2 aliphatic rings. The fourth-order valence-electron chi connectivity index (χ4n) is 3.88. The van der Waals surface area contributed by atoms with Gasteiger partial charge in [-0.2, -0.15) is 0 Å². The van der Waals surface area contributed by atoms with Crippen LogP contribution >= 0.6 is 0 Å². The molecule has 4 heteroatoms. The van der Waals surface area contributed by atoms with Crippen LogP contribution in [0, 0.1) is 0 Å². The van der Waals surface area contributed by atoms with E-state index >= 15 is 0 Å². The third-order valence-electron chi connectivity index (χ3n) is 5.30. The van der Waals surface area contributed by atoms with Gasteiger partial charge in [-0.1, -0.05) is 48.5 Å². The van der Waals surface area contributed by atoms with E-state index < -0.39 is 0 Å². The zero-order valence-corrected chi connectivity index (χ0v) is 14.5. The average Bonchev–Trinajstić information content (AvgIpc) is 3.08. The van der Waals surface area contributed by atoms with Gasteiger partial charge in [-0.25, -0.2) is 4.79 Å². The SMILES string of the molecule is O=C(NC1CCN(Cc2ccccc2)CC1)N1CCc2ccccc21. The molecule has 25 heavy (non-hydrogen) atoms. The van der Waals surface area contributed by atoms with Crippen molar-refractivity contribution in [1.82, 2.24) is 10.2 Å². The summed E-state index contributed by atoms with van der Waals surface area (Å²) >= 11 is 0. The van der Waals surface area contributed by atoms with Crippen LogP contribution in [0.15, 0.2) is 54.6 Å². The van der Waals surface area contributed by atoms with Crippen LogP contribution in [-0.2, 0) is 13.0 Å². The van der Waals surface area contributed by atoms with Gasteiger partial charge in [0, 0.05) is 37.9 Å². The van der Waals surface area contributed by atoms with Gasteiger partial charge < -0.3 is 5.32 Å². The van der Waals surface area contributed by atoms with Crippen LogP contribution in [0.25, 0.3) is 0 Å². The first-order valence-corrected chi connectivity index (χ1v) is 9.22. The van der Waals surface area contributed by atoms with E-state index in [1.165, 1.54) is 11.1 Å². The summed E-state index contributed by atoms with van der Waals surface area (Å²) in [5.74, 6) is 0. The molecular weight excluding hydrogens is 310 g/mol. The molecule has 2 aromatic rings. The summed E-state index contributed by atoms with van der Waals surface area (Å²) in [5, 5.41) is 3.25. The van der Waals surface area contributed by atoms with Gasteiger partial charge in [-0.05, 0) is 36.5 Å². The van der Waals surface area contributed by atoms with Crippen LogP contribution in [0.3, 0.4) is 0 Å². The van der Waals surface area contributed by atoms with Crippen molar-refractivity contribution in [3.63, 3.8) is 0 Å². The molecular formula is C21H25N3O. The van der Waals surface area contributed by atoms with Gasteiger partial charge in [0.1, 0.15) is 0 Å². The first-order valence-electron chi connectivity index (χ1n) is 9.22. The van der Waals surface area contributed by atoms with E-state index in [0.29, 0.717) is 0 Å². The van der Waals surface area contributed by atoms with Gasteiger partial charge in [0.2, 0.25) is 0 Å². The maximum absolute atomic E-state index is 12.7. The summed E-state index contributed by atoms with van der Waals surface area (Å²) in [7, 11) is 0. The van der Waals surface area contributed by atoms with Gasteiger partial charge in [0.25, 0.3) is 0 Å². The highest BCUT2D eigenvalue weighted by atomic mass is 16.2. The van der Waals surface area contributed by atoms with Crippen LogP contribution in [0.5, 0.6) is 0 Å². The molecule has 0 bridgehead atoms. The molecule has 0 atom stereocenters. The van der Waals surface area contributed by atoms with Gasteiger partial charge in [0.05, 0.1) is 0 Å². The molecule has 0 aliphatic carbocycles. The molecule has 2 amide bonds. The lowest BCUT2D eigenvalue weighted by Gasteiger charge is -2.33. The Bertz CT molecular complexity index is 723. The van der Waals surface area contributed by atoms with Gasteiger partial charge >= 0.3 is 6.03 Å². The largest absolute Gasteiger partial charge is 0.335 e. The monoisotopic (exact) mass is 335 g/mol. The second kappa shape index (κ2) is 7.28. The predicted octanol–water partition coefficient (Wildman–Crippen LogP) is 3.42. The smallest absolute Gasteiger partial charge is 0.322 e. The summed E-state index contributed by atoms with van der Waals surface area (Å²) in [6.45, 7) is 3.87. The lowest BCUT2D eigenvalue weighted by molar-refractivity contribution is 0.188. The van der Waals surface area contributed by atoms with E-state index in [1.54, 1.807) is 0 Å². The maximum Gasteiger partial charge on any atom is 0.322 e. The lowest BCUT2D eigenvalue weighted by Crippen LogP contribution is -2.48. The highest BCUT2D eigenvalue weighted by molar-refractivity contribution is 5.94. The van der Waals surface area contributed by atoms with Crippen LogP contribution in [0.2, 0.25) is 0 Å². The number of piperidine rings is 1. The average molecular weight is 335 g/mol. The highest BCUT2D eigenvalue weighted by Gasteiger charge is 2.27. The van der Waals surface area contributed by atoms with Crippen molar-refractivity contribution in [3.8, 4) is 0 Å². The number of nitrogens with one attached hydrogen (secondary N) is 1. The van der Waals surface area contributed by atoms with E-state index in [1.807, 2.05) is 23.1 Å². The summed E-state index contributed by atoms with van der Waals surface area (Å²) in [4.78, 5) is 17.0. The third-order valence-corrected chi connectivity index (χ3v) is 5.30. The summed E-state index contributed by atoms with van der Waals surface area (Å²) in [6.07, 6.45) is 3.00. The van der Waals surface area contributed by atoms with Gasteiger partial charge in [-0.15, -0.1) is 0 Å². The number of urea groups is 1. The molecule has 4 rings (SSSR count). The number of fused-ring (bicyclic) bond motifs is 1. The quantitative estimate of drug-likeness (QED) is 0.933. The minimum absolute atomic E-state index is 0.0615. The number of anilines is 1. The number of carbonyl (C=O) groups is 1. The zero-order valence-electron chi connectivity index (χ0n) is 14.5. The first kappa shape index (κ1) is 16.2. The van der Waals surface area contributed by atoms with Gasteiger partial charge in [-0.3, -0.25) is 9.80 Å². The Labute approximate surface area is 149 Å². The number of rotatable bonds is 3. The minimum atomic E-state index is 0.0615. The van der Waals surface area contributed by atoms with Crippen molar-refractivity contribution < 1.29 is 4.79 Å². The molecule has 0 saturated carbocycles. The van der Waals surface area contributed by atoms with Crippen molar-refractivity contribution in [1.29, 1.82) is 0 Å². The Morgan fingerprint density at radius 2 is 1.68 bits per heavy atom. The fourth-order valence-corrected chi connectivity index (χ4v) is 3.88. The predicted molar refractivity (Wildman–Crippen MR) is 101 cm³/mol. The number of hydrogen-bond acceptors (Lipinski definition) is 2. The van der Waals surface area contributed by atoms with Gasteiger partial charge in [0.15, 0.2) is 0 Å². The number of likely N-dealkylation sites (tertiary alicyclic amines) is 1. The van der Waals surface area contributed by atoms with Crippen LogP contribution in [0.1, 0.15) is 24.0 Å². The molecule has 1 saturated heterocycles. The topological polar surface area (TPSA) is 35.6 Å². The number of nitrogens with zero attached hydrogens (tertiary/aromatic N) is 2. The van der Waals surface area contributed by atoms with E-state index in [2.05, 4.69) is 46.6 Å². The van der Waals surface area contributed by atoms with Crippen LogP contribution in [-0.4, -0.2) is 36.6 Å². The molecule has 1 fully saturated rings. The molecule has 2 heterocycles. The summed E-state index contributed by atoms with van der Waals surface area (Å²) in [6, 6.07) is 19.2. The maximum atomic E-state index is 12.7. The molecule has 4 nitrogen and oxygen atoms in total. The van der Waals surface area contributed by atoms with E-state index in [-0.39, 0.29) is 12.1 Å². The second-order valence-corrected chi connectivity index (χ2v) is 7.02. The van der Waals surface area contributed by atoms with Crippen molar-refractivity contribution in [2.24, 2.45) is 0 Å². The van der Waals surface area contributed by atoms with Crippen molar-refractivity contribution in [2.45, 2.75) is 31.8 Å². The number of para-hydroxylation sites is 1. The molecule has 0 radical (unpaired) electrons. The van der Waals surface area contributed by atoms with E-state index in [9.17, 15) is 4.79 Å². The van der Waals surface area contributed by atoms with Crippen molar-refractivity contribution >= 4 is 11.7 Å². The second-order valence-electron chi connectivity index (χ2n) is 7.02. The molecule has 0 unspecified atom stereocenters. The van der Waals surface area contributed by atoms with Crippen molar-refractivity contribution in [2.75, 3.05) is 24.5 Å². The first-order chi connectivity index (χ1) is 12.3. The fraction of sp³-hybridized carbons (Fsp3) is 0.381. The minimum Gasteiger partial charge on any atom is -0.335 e. The normalized spacial score (nSPS) is 18.2. The molecule has 130 valence electrons. The van der Waals surface area contributed by atoms with E-state index in [0.717, 1.165) is 51.1 Å². The van der Waals surface area contributed by atoms with E-state index in [4.69, 9.17) is 0 Å². The number of hydrogen-bond donors (Lipinski definition) is 1. The highest BCUT2D eigenvalue weighted by Crippen LogP contribution is 2.27. The van der Waals surface area contributed by atoms with Crippen LogP contribution in [0.4, 0.5) is 10.5 Å². The van der Waals surface area contributed by atoms with Crippen LogP contribution < -0.4 is 10.2 Å². The molecule has 0 spiro atoms. The standard InChI is InChI=1S/C21H25N3O/c25-21(24-15-10-18-8-4-5-9-20(18)24)22-19-11-13-23(14-12-19)16-17-6-2-1-3-7-17/h1-9,19H,10-16H2,(H,22,25). The number of benzene rings is 2. The Morgan fingerprint density at radius 3 is 2.48 bits per heavy atom. The molecule has 1 N–H and O–H groups in total. The lowest BCUT2D eigenvalue weighted by atomic mass is 10.0. The zero-order chi connectivity index (χ0) is 17.1. The van der Waals surface area contributed by atoms with Crippen molar-refractivity contribution in [3.05, 3.63) is 65.7 Å². The third kappa shape index (κ3) is 3.69. The Kier molecular flexibility index (Phi) is 4.70. The Balaban J connectivity index is 1.28. The molecule has 0 aromatic heterocycles. The summed E-state index contributed by atoms with van der Waals surface area (Å²) in [5.41, 5.74) is 3.70. The Hall–Kier alpha value is -2.33. The Morgan fingerprint density at radius 1 is 0.960 bits per heavy atom. The molecule has 2 aromatic carbocycles. The summed E-state index contributed by atoms with van der Waals surface area (Å²) < 4.78 is 0. The number of carbonyl (C=O) groups excluding carboxylic acids is 1. The number of amides is 2.